The zero-order valence-corrected chi connectivity index (χ0v) is 9.50. The van der Waals surface area contributed by atoms with Gasteiger partial charge in [0.25, 0.3) is 0 Å². The first-order valence-electron chi connectivity index (χ1n) is 5.19. The minimum Gasteiger partial charge on any atom is -0.492 e. The van der Waals surface area contributed by atoms with Crippen LogP contribution in [0.15, 0.2) is 12.3 Å². The summed E-state index contributed by atoms with van der Waals surface area (Å²) in [6.07, 6.45) is 2.68. The summed E-state index contributed by atoms with van der Waals surface area (Å²) >= 11 is 5.72. The van der Waals surface area contributed by atoms with Crippen molar-refractivity contribution in [1.29, 1.82) is 5.26 Å². The minimum absolute atomic E-state index is 0.220. The van der Waals surface area contributed by atoms with Crippen LogP contribution in [-0.4, -0.2) is 24.7 Å². The third-order valence-electron chi connectivity index (χ3n) is 2.58. The normalized spacial score (nSPS) is 19.4. The van der Waals surface area contributed by atoms with Gasteiger partial charge in [-0.3, -0.25) is 0 Å². The smallest absolute Gasteiger partial charge is 0.147 e. The van der Waals surface area contributed by atoms with Gasteiger partial charge in [0.05, 0.1) is 18.4 Å². The largest absolute Gasteiger partial charge is 0.492 e. The van der Waals surface area contributed by atoms with Crippen molar-refractivity contribution in [2.24, 2.45) is 5.92 Å². The van der Waals surface area contributed by atoms with Gasteiger partial charge in [-0.2, -0.15) is 5.26 Å². The lowest BCUT2D eigenvalue weighted by molar-refractivity contribution is 0.259. The Hall–Kier alpha value is -1.31. The van der Waals surface area contributed by atoms with Crippen molar-refractivity contribution in [3.63, 3.8) is 0 Å². The average molecular weight is 238 g/mol. The van der Waals surface area contributed by atoms with Crippen LogP contribution in [0.25, 0.3) is 0 Å². The van der Waals surface area contributed by atoms with E-state index in [1.165, 1.54) is 0 Å². The van der Waals surface area contributed by atoms with E-state index in [9.17, 15) is 0 Å². The van der Waals surface area contributed by atoms with Crippen LogP contribution in [0, 0.1) is 17.2 Å². The highest BCUT2D eigenvalue weighted by atomic mass is 35.5. The number of rotatable bonds is 3. The molecule has 1 atom stereocenters. The summed E-state index contributed by atoms with van der Waals surface area (Å²) in [6, 6.07) is 3.60. The van der Waals surface area contributed by atoms with Gasteiger partial charge < -0.3 is 10.1 Å². The average Bonchev–Trinajstić information content (AvgIpc) is 2.81. The predicted molar refractivity (Wildman–Crippen MR) is 60.4 cm³/mol. The van der Waals surface area contributed by atoms with Crippen molar-refractivity contribution in [2.75, 3.05) is 19.7 Å². The van der Waals surface area contributed by atoms with Crippen LogP contribution in [0.3, 0.4) is 0 Å². The summed E-state index contributed by atoms with van der Waals surface area (Å²) < 4.78 is 5.58. The highest BCUT2D eigenvalue weighted by Gasteiger charge is 2.15. The van der Waals surface area contributed by atoms with Crippen LogP contribution in [0.2, 0.25) is 5.15 Å². The molecule has 0 unspecified atom stereocenters. The van der Waals surface area contributed by atoms with Crippen molar-refractivity contribution in [3.8, 4) is 11.8 Å². The fraction of sp³-hybridized carbons (Fsp3) is 0.455. The van der Waals surface area contributed by atoms with Crippen molar-refractivity contribution in [1.82, 2.24) is 10.3 Å². The van der Waals surface area contributed by atoms with E-state index in [-0.39, 0.29) is 5.15 Å². The molecule has 2 heterocycles. The molecule has 1 aromatic heterocycles. The van der Waals surface area contributed by atoms with Crippen LogP contribution >= 0.6 is 11.6 Å². The number of nitrogens with zero attached hydrogens (tertiary/aromatic N) is 2. The van der Waals surface area contributed by atoms with Crippen LogP contribution < -0.4 is 10.1 Å². The van der Waals surface area contributed by atoms with Gasteiger partial charge in [-0.25, -0.2) is 4.98 Å². The molecule has 0 aromatic carbocycles. The highest BCUT2D eigenvalue weighted by molar-refractivity contribution is 6.30. The fourth-order valence-corrected chi connectivity index (χ4v) is 1.80. The molecule has 5 heteroatoms. The van der Waals surface area contributed by atoms with Gasteiger partial charge in [0.15, 0.2) is 0 Å². The molecular weight excluding hydrogens is 226 g/mol. The Balaban J connectivity index is 1.96. The number of nitrogens with one attached hydrogen (secondary N) is 1. The molecule has 1 aliphatic heterocycles. The Morgan fingerprint density at radius 1 is 1.69 bits per heavy atom. The van der Waals surface area contributed by atoms with Gasteiger partial charge in [0.2, 0.25) is 0 Å². The second kappa shape index (κ2) is 5.15. The van der Waals surface area contributed by atoms with E-state index < -0.39 is 0 Å². The van der Waals surface area contributed by atoms with E-state index in [0.717, 1.165) is 19.5 Å². The van der Waals surface area contributed by atoms with Crippen LogP contribution in [-0.2, 0) is 0 Å². The van der Waals surface area contributed by atoms with Crippen molar-refractivity contribution < 1.29 is 4.74 Å². The Kier molecular flexibility index (Phi) is 3.60. The molecule has 1 saturated heterocycles. The maximum absolute atomic E-state index is 8.78. The fourth-order valence-electron chi connectivity index (χ4n) is 1.66. The number of hydrogen-bond donors (Lipinski definition) is 1. The zero-order chi connectivity index (χ0) is 11.4. The molecule has 0 spiro atoms. The molecule has 0 radical (unpaired) electrons. The second-order valence-corrected chi connectivity index (χ2v) is 4.15. The number of halogens is 1. The molecule has 1 fully saturated rings. The minimum atomic E-state index is 0.220. The number of ether oxygens (including phenoxy) is 1. The molecule has 1 N–H and O–H groups in total. The molecule has 1 aromatic rings. The van der Waals surface area contributed by atoms with Crippen LogP contribution in [0.1, 0.15) is 12.0 Å². The maximum atomic E-state index is 8.78. The lowest BCUT2D eigenvalue weighted by atomic mass is 10.1. The zero-order valence-electron chi connectivity index (χ0n) is 8.74. The molecule has 2 rings (SSSR count). The topological polar surface area (TPSA) is 57.9 Å². The third-order valence-corrected chi connectivity index (χ3v) is 2.88. The van der Waals surface area contributed by atoms with Crippen molar-refractivity contribution in [3.05, 3.63) is 23.0 Å². The van der Waals surface area contributed by atoms with E-state index in [2.05, 4.69) is 10.3 Å². The SMILES string of the molecule is N#Cc1cc(OC[C@@H]2CCNC2)cnc1Cl. The van der Waals surface area contributed by atoms with E-state index in [1.807, 2.05) is 6.07 Å². The van der Waals surface area contributed by atoms with E-state index in [0.29, 0.717) is 23.8 Å². The lowest BCUT2D eigenvalue weighted by Crippen LogP contribution is -2.15. The first-order chi connectivity index (χ1) is 7.79. The summed E-state index contributed by atoms with van der Waals surface area (Å²) in [6.45, 7) is 2.70. The summed E-state index contributed by atoms with van der Waals surface area (Å²) in [7, 11) is 0. The van der Waals surface area contributed by atoms with E-state index in [1.54, 1.807) is 12.3 Å². The number of nitriles is 1. The molecule has 16 heavy (non-hydrogen) atoms. The second-order valence-electron chi connectivity index (χ2n) is 3.79. The molecule has 4 nitrogen and oxygen atoms in total. The van der Waals surface area contributed by atoms with Gasteiger partial charge in [-0.15, -0.1) is 0 Å². The first kappa shape index (κ1) is 11.2. The van der Waals surface area contributed by atoms with Gasteiger partial charge in [0, 0.05) is 18.5 Å². The summed E-state index contributed by atoms with van der Waals surface area (Å²) in [5.74, 6) is 1.15. The van der Waals surface area contributed by atoms with Crippen molar-refractivity contribution in [2.45, 2.75) is 6.42 Å². The highest BCUT2D eigenvalue weighted by Crippen LogP contribution is 2.19. The number of aromatic nitrogens is 1. The molecular formula is C11H12ClN3O. The van der Waals surface area contributed by atoms with Gasteiger partial charge >= 0.3 is 0 Å². The molecule has 84 valence electrons. The monoisotopic (exact) mass is 237 g/mol. The Labute approximate surface area is 99.2 Å². The van der Waals surface area contributed by atoms with Gasteiger partial charge in [-0.05, 0) is 13.0 Å². The molecule has 0 bridgehead atoms. The third kappa shape index (κ3) is 2.63. The quantitative estimate of drug-likeness (QED) is 0.812. The Bertz CT molecular complexity index is 410. The van der Waals surface area contributed by atoms with E-state index in [4.69, 9.17) is 21.6 Å². The number of hydrogen-bond acceptors (Lipinski definition) is 4. The Morgan fingerprint density at radius 3 is 3.25 bits per heavy atom. The lowest BCUT2D eigenvalue weighted by Gasteiger charge is -2.10. The standard InChI is InChI=1S/C11H12ClN3O/c12-11-9(4-13)3-10(6-15-11)16-7-8-1-2-14-5-8/h3,6,8,14H,1-2,5,7H2/t8-/m1/s1. The molecule has 0 saturated carbocycles. The maximum Gasteiger partial charge on any atom is 0.147 e. The van der Waals surface area contributed by atoms with Gasteiger partial charge in [-0.1, -0.05) is 11.6 Å². The number of pyridine rings is 1. The summed E-state index contributed by atoms with van der Waals surface area (Å²) in [5.41, 5.74) is 0.351. The predicted octanol–water partition coefficient (Wildman–Crippen LogP) is 1.59. The first-order valence-corrected chi connectivity index (χ1v) is 5.56. The van der Waals surface area contributed by atoms with E-state index >= 15 is 0 Å². The van der Waals surface area contributed by atoms with Crippen molar-refractivity contribution >= 4 is 11.6 Å². The summed E-state index contributed by atoms with van der Waals surface area (Å²) in [5, 5.41) is 12.3. The van der Waals surface area contributed by atoms with Gasteiger partial charge in [0.1, 0.15) is 17.0 Å². The molecule has 0 amide bonds. The molecule has 0 aliphatic carbocycles. The van der Waals surface area contributed by atoms with Crippen LogP contribution in [0.5, 0.6) is 5.75 Å². The van der Waals surface area contributed by atoms with Crippen LogP contribution in [0.4, 0.5) is 0 Å². The summed E-state index contributed by atoms with van der Waals surface area (Å²) in [4.78, 5) is 3.90. The molecule has 1 aliphatic rings. The Morgan fingerprint density at radius 2 is 2.56 bits per heavy atom.